The van der Waals surface area contributed by atoms with Crippen LogP contribution in [0.5, 0.6) is 5.75 Å². The second-order valence-corrected chi connectivity index (χ2v) is 10.4. The van der Waals surface area contributed by atoms with E-state index in [0.717, 1.165) is 57.0 Å². The minimum absolute atomic E-state index is 0.0228. The van der Waals surface area contributed by atoms with Crippen LogP contribution in [0.4, 0.5) is 0 Å². The Balaban J connectivity index is 1.70. The Labute approximate surface area is 192 Å². The number of carbonyl (C=O) groups is 1. The highest BCUT2D eigenvalue weighted by atomic mass is 16.5. The summed E-state index contributed by atoms with van der Waals surface area (Å²) < 4.78 is 6.79. The minimum atomic E-state index is -0.846. The van der Waals surface area contributed by atoms with E-state index in [1.54, 1.807) is 0 Å². The average molecular weight is 441 g/mol. The van der Waals surface area contributed by atoms with E-state index in [0.29, 0.717) is 17.8 Å². The Bertz CT molecular complexity index is 1440. The van der Waals surface area contributed by atoms with Crippen molar-refractivity contribution in [2.45, 2.75) is 58.0 Å². The first kappa shape index (κ1) is 20.4. The lowest BCUT2D eigenvalue weighted by Gasteiger charge is -2.49. The van der Waals surface area contributed by atoms with Gasteiger partial charge in [0.25, 0.3) is 0 Å². The molecule has 1 N–H and O–H groups in total. The van der Waals surface area contributed by atoms with Crippen molar-refractivity contribution < 1.29 is 14.6 Å². The highest BCUT2D eigenvalue weighted by Gasteiger charge is 2.47. The molecule has 1 fully saturated rings. The number of fused-ring (bicyclic) bond motifs is 9. The molecule has 6 rings (SSSR count). The molecule has 0 spiro atoms. The van der Waals surface area contributed by atoms with E-state index < -0.39 is 5.97 Å². The van der Waals surface area contributed by atoms with Crippen LogP contribution in [-0.4, -0.2) is 26.6 Å². The first-order valence-corrected chi connectivity index (χ1v) is 11.9. The van der Waals surface area contributed by atoms with Gasteiger partial charge in [-0.3, -0.25) is 4.79 Å². The van der Waals surface area contributed by atoms with Gasteiger partial charge in [-0.05, 0) is 56.2 Å². The van der Waals surface area contributed by atoms with Crippen LogP contribution in [0.2, 0.25) is 0 Å². The van der Waals surface area contributed by atoms with Crippen LogP contribution < -0.4 is 4.74 Å². The molecule has 0 saturated heterocycles. The fourth-order valence-corrected chi connectivity index (χ4v) is 6.22. The number of ether oxygens (including phenoxy) is 1. The Morgan fingerprint density at radius 2 is 1.82 bits per heavy atom. The van der Waals surface area contributed by atoms with Crippen LogP contribution in [0, 0.1) is 11.8 Å². The van der Waals surface area contributed by atoms with Crippen molar-refractivity contribution in [3.05, 3.63) is 53.6 Å². The Morgan fingerprint density at radius 3 is 2.61 bits per heavy atom. The van der Waals surface area contributed by atoms with E-state index in [4.69, 9.17) is 14.7 Å². The summed E-state index contributed by atoms with van der Waals surface area (Å²) in [4.78, 5) is 21.5. The van der Waals surface area contributed by atoms with E-state index in [-0.39, 0.29) is 12.0 Å². The van der Waals surface area contributed by atoms with Crippen LogP contribution in [0.15, 0.2) is 42.5 Å². The lowest BCUT2D eigenvalue weighted by atomic mass is 9.64. The third-order valence-electron chi connectivity index (χ3n) is 7.75. The van der Waals surface area contributed by atoms with Gasteiger partial charge >= 0.3 is 5.97 Å². The molecule has 5 nitrogen and oxygen atoms in total. The first-order chi connectivity index (χ1) is 15.8. The Morgan fingerprint density at radius 1 is 1.06 bits per heavy atom. The summed E-state index contributed by atoms with van der Waals surface area (Å²) in [6, 6.07) is 13.9. The van der Waals surface area contributed by atoms with Crippen molar-refractivity contribution >= 4 is 38.8 Å². The maximum absolute atomic E-state index is 11.3. The molecule has 33 heavy (non-hydrogen) atoms. The normalized spacial score (nSPS) is 23.8. The zero-order chi connectivity index (χ0) is 22.9. The molecule has 5 heteroatoms. The van der Waals surface area contributed by atoms with Gasteiger partial charge in [-0.2, -0.15) is 0 Å². The minimum Gasteiger partial charge on any atom is -0.487 e. The molecule has 0 radical (unpaired) electrons. The van der Waals surface area contributed by atoms with Gasteiger partial charge < -0.3 is 9.84 Å². The van der Waals surface area contributed by atoms with E-state index in [2.05, 4.69) is 39.0 Å². The van der Waals surface area contributed by atoms with Crippen molar-refractivity contribution in [2.24, 2.45) is 11.8 Å². The molecule has 0 amide bonds. The molecule has 0 bridgehead atoms. The van der Waals surface area contributed by atoms with E-state index >= 15 is 0 Å². The summed E-state index contributed by atoms with van der Waals surface area (Å²) in [6.07, 6.45) is 3.47. The third kappa shape index (κ3) is 3.17. The average Bonchev–Trinajstić information content (AvgIpc) is 2.77. The summed E-state index contributed by atoms with van der Waals surface area (Å²) in [5, 5.41) is 11.4. The van der Waals surface area contributed by atoms with E-state index in [9.17, 15) is 9.90 Å². The van der Waals surface area contributed by atoms with Gasteiger partial charge in [-0.25, -0.2) is 9.97 Å². The van der Waals surface area contributed by atoms with Crippen molar-refractivity contribution in [1.29, 1.82) is 0 Å². The number of benzene rings is 3. The zero-order valence-corrected chi connectivity index (χ0v) is 19.3. The summed E-state index contributed by atoms with van der Waals surface area (Å²) in [5.74, 6) is 1.56. The largest absolute Gasteiger partial charge is 0.487 e. The number of carboxylic acid groups (broad SMARTS) is 1. The fraction of sp³-hybridized carbons (Fsp3) is 0.393. The lowest BCUT2D eigenvalue weighted by Crippen LogP contribution is -2.46. The van der Waals surface area contributed by atoms with Crippen LogP contribution in [0.25, 0.3) is 32.8 Å². The molecule has 1 aromatic heterocycles. The van der Waals surface area contributed by atoms with Gasteiger partial charge in [0, 0.05) is 22.3 Å². The van der Waals surface area contributed by atoms with Gasteiger partial charge in [0.15, 0.2) is 0 Å². The van der Waals surface area contributed by atoms with Gasteiger partial charge in [0.05, 0.1) is 28.5 Å². The Hall–Kier alpha value is -3.21. The summed E-state index contributed by atoms with van der Waals surface area (Å²) in [5.41, 5.74) is 5.02. The van der Waals surface area contributed by atoms with Crippen LogP contribution in [0.3, 0.4) is 0 Å². The zero-order valence-electron chi connectivity index (χ0n) is 19.3. The van der Waals surface area contributed by atoms with Crippen LogP contribution in [-0.2, 0) is 11.2 Å². The SMILES string of the molecule is C[C@H]1CC[C@H]2[C@H](C1)c1c(c3ccccc3c3nc4ccc(CC(=O)O)cc4nc13)OC2(C)C. The summed E-state index contributed by atoms with van der Waals surface area (Å²) in [7, 11) is 0. The van der Waals surface area contributed by atoms with Crippen molar-refractivity contribution in [3.63, 3.8) is 0 Å². The highest BCUT2D eigenvalue weighted by molar-refractivity contribution is 6.11. The molecule has 168 valence electrons. The van der Waals surface area contributed by atoms with Crippen molar-refractivity contribution in [1.82, 2.24) is 9.97 Å². The number of rotatable bonds is 2. The van der Waals surface area contributed by atoms with Crippen LogP contribution in [0.1, 0.15) is 57.1 Å². The lowest BCUT2D eigenvalue weighted by molar-refractivity contribution is -0.136. The number of hydrogen-bond donors (Lipinski definition) is 1. The highest BCUT2D eigenvalue weighted by Crippen LogP contribution is 2.56. The molecule has 1 saturated carbocycles. The monoisotopic (exact) mass is 440 g/mol. The number of aliphatic carboxylic acids is 1. The van der Waals surface area contributed by atoms with E-state index in [1.807, 2.05) is 24.3 Å². The third-order valence-corrected chi connectivity index (χ3v) is 7.75. The standard InChI is InChI=1S/C28H28N2O3/c1-15-8-10-20-19(12-15)24-26-25(17-6-4-5-7-18(17)27(24)33-28(20,2)3)29-21-11-9-16(14-23(31)32)13-22(21)30-26/h4-7,9,11,13,15,19-20H,8,10,12,14H2,1-3H3,(H,31,32)/t15-,19-,20-/m0/s1. The predicted molar refractivity (Wildman–Crippen MR) is 130 cm³/mol. The maximum atomic E-state index is 11.3. The molecular formula is C28H28N2O3. The topological polar surface area (TPSA) is 72.3 Å². The van der Waals surface area contributed by atoms with Gasteiger partial charge in [0.2, 0.25) is 0 Å². The molecule has 1 aliphatic heterocycles. The number of aromatic nitrogens is 2. The second kappa shape index (κ2) is 7.14. The quantitative estimate of drug-likeness (QED) is 0.294. The molecule has 2 heterocycles. The second-order valence-electron chi connectivity index (χ2n) is 10.4. The van der Waals surface area contributed by atoms with Crippen molar-refractivity contribution in [3.8, 4) is 5.75 Å². The van der Waals surface area contributed by atoms with Gasteiger partial charge in [0.1, 0.15) is 11.4 Å². The van der Waals surface area contributed by atoms with Gasteiger partial charge in [-0.15, -0.1) is 0 Å². The van der Waals surface area contributed by atoms with Crippen LogP contribution >= 0.6 is 0 Å². The summed E-state index contributed by atoms with van der Waals surface area (Å²) >= 11 is 0. The number of hydrogen-bond acceptors (Lipinski definition) is 4. The smallest absolute Gasteiger partial charge is 0.307 e. The van der Waals surface area contributed by atoms with Crippen molar-refractivity contribution in [2.75, 3.05) is 0 Å². The molecule has 3 atom stereocenters. The first-order valence-electron chi connectivity index (χ1n) is 11.9. The molecule has 0 unspecified atom stereocenters. The number of carboxylic acids is 1. The molecule has 4 aromatic rings. The molecule has 1 aliphatic carbocycles. The maximum Gasteiger partial charge on any atom is 0.307 e. The molecular weight excluding hydrogens is 412 g/mol. The predicted octanol–water partition coefficient (Wildman–Crippen LogP) is 6.25. The molecule has 2 aliphatic rings. The summed E-state index contributed by atoms with van der Waals surface area (Å²) in [6.45, 7) is 6.81. The molecule has 3 aromatic carbocycles. The number of nitrogens with zero attached hydrogens (tertiary/aromatic N) is 2. The fourth-order valence-electron chi connectivity index (χ4n) is 6.22. The van der Waals surface area contributed by atoms with Gasteiger partial charge in [-0.1, -0.05) is 43.7 Å². The van der Waals surface area contributed by atoms with E-state index in [1.165, 1.54) is 12.0 Å². The Kier molecular flexibility index (Phi) is 4.42.